The summed E-state index contributed by atoms with van der Waals surface area (Å²) in [7, 11) is 0. The third-order valence-corrected chi connectivity index (χ3v) is 12.1. The van der Waals surface area contributed by atoms with Crippen LogP contribution < -0.4 is 0 Å². The Balaban J connectivity index is 1.62. The van der Waals surface area contributed by atoms with Crippen LogP contribution in [0.2, 0.25) is 0 Å². The van der Waals surface area contributed by atoms with Crippen LogP contribution in [0.25, 0.3) is 0 Å². The summed E-state index contributed by atoms with van der Waals surface area (Å²) in [6, 6.07) is 0. The zero-order valence-corrected chi connectivity index (χ0v) is 22.3. The van der Waals surface area contributed by atoms with Gasteiger partial charge >= 0.3 is 0 Å². The number of Topliss-reactive ketones (excluding diaryl/α,β-unsaturated/α-hetero) is 1. The fraction of sp³-hybridized carbons (Fsp3) is 0.900. The number of allylic oxidation sites excluding steroid dienone is 2. The summed E-state index contributed by atoms with van der Waals surface area (Å²) >= 11 is 0. The van der Waals surface area contributed by atoms with Crippen molar-refractivity contribution < 1.29 is 9.90 Å². The second-order valence-electron chi connectivity index (χ2n) is 14.1. The number of hydrogen-bond acceptors (Lipinski definition) is 2. The fourth-order valence-corrected chi connectivity index (χ4v) is 10.1. The highest BCUT2D eigenvalue weighted by Crippen LogP contribution is 2.74. The molecule has 182 valence electrons. The van der Waals surface area contributed by atoms with Crippen LogP contribution in [0.5, 0.6) is 0 Å². The Hall–Kier alpha value is -0.630. The van der Waals surface area contributed by atoms with E-state index in [1.54, 1.807) is 0 Å². The third-order valence-electron chi connectivity index (χ3n) is 12.1. The molecule has 4 saturated carbocycles. The van der Waals surface area contributed by atoms with E-state index in [1.807, 2.05) is 0 Å². The van der Waals surface area contributed by atoms with Gasteiger partial charge in [-0.2, -0.15) is 0 Å². The Kier molecular flexibility index (Phi) is 5.89. The molecular formula is C30H50O2. The standard InChI is InChI=1S/C30H50O2/c1-20(2)10-9-16-30(8,32)24-14-19-28(6)22-11-12-23-26(3,4)25(31)15-17-27(23,5)21(22)13-18-29(24,28)7/h10,21-24,32H,9,11-19H2,1-8H3/t21-,22+,23-,24+,27+,28+,29-,30-/m0/s1. The first-order chi connectivity index (χ1) is 14.7. The van der Waals surface area contributed by atoms with Gasteiger partial charge in [0.1, 0.15) is 5.78 Å². The molecule has 4 fully saturated rings. The van der Waals surface area contributed by atoms with E-state index in [4.69, 9.17) is 0 Å². The van der Waals surface area contributed by atoms with Crippen LogP contribution >= 0.6 is 0 Å². The SMILES string of the molecule is CC(C)=CCC[C@](C)(O)[C@@H]1CC[C@]2(C)[C@@H]3CC[C@H]4C(C)(C)C(=O)CC[C@]4(C)[C@H]3CC[C@@]12C. The first-order valence-electron chi connectivity index (χ1n) is 13.6. The highest BCUT2D eigenvalue weighted by atomic mass is 16.3. The van der Waals surface area contributed by atoms with Gasteiger partial charge in [0.15, 0.2) is 0 Å². The molecule has 8 atom stereocenters. The second-order valence-corrected chi connectivity index (χ2v) is 14.1. The Morgan fingerprint density at radius 1 is 0.969 bits per heavy atom. The zero-order valence-electron chi connectivity index (χ0n) is 22.3. The molecule has 2 nitrogen and oxygen atoms in total. The van der Waals surface area contributed by atoms with Gasteiger partial charge in [0, 0.05) is 11.8 Å². The van der Waals surface area contributed by atoms with Crippen LogP contribution in [-0.4, -0.2) is 16.5 Å². The average Bonchev–Trinajstić information content (AvgIpc) is 2.97. The largest absolute Gasteiger partial charge is 0.390 e. The van der Waals surface area contributed by atoms with Gasteiger partial charge in [-0.15, -0.1) is 0 Å². The monoisotopic (exact) mass is 442 g/mol. The fourth-order valence-electron chi connectivity index (χ4n) is 10.1. The lowest BCUT2D eigenvalue weighted by molar-refractivity contribution is -0.191. The molecule has 0 aromatic heterocycles. The molecule has 0 aliphatic heterocycles. The summed E-state index contributed by atoms with van der Waals surface area (Å²) in [5.41, 5.74) is 1.42. The number of hydrogen-bond donors (Lipinski definition) is 1. The van der Waals surface area contributed by atoms with E-state index in [-0.39, 0.29) is 10.8 Å². The molecule has 2 heteroatoms. The quantitative estimate of drug-likeness (QED) is 0.452. The maximum absolute atomic E-state index is 12.8. The molecule has 0 aromatic carbocycles. The minimum absolute atomic E-state index is 0.160. The number of aliphatic hydroxyl groups is 1. The molecule has 0 unspecified atom stereocenters. The van der Waals surface area contributed by atoms with Crippen molar-refractivity contribution in [3.63, 3.8) is 0 Å². The maximum Gasteiger partial charge on any atom is 0.138 e. The summed E-state index contributed by atoms with van der Waals surface area (Å²) in [5.74, 6) is 2.90. The number of carbonyl (C=O) groups excluding carboxylic acids is 1. The Morgan fingerprint density at radius 2 is 1.62 bits per heavy atom. The van der Waals surface area contributed by atoms with Crippen LogP contribution in [0.3, 0.4) is 0 Å². The van der Waals surface area contributed by atoms with Gasteiger partial charge in [-0.05, 0) is 118 Å². The van der Waals surface area contributed by atoms with Crippen molar-refractivity contribution >= 4 is 5.78 Å². The summed E-state index contributed by atoms with van der Waals surface area (Å²) in [6.45, 7) is 18.6. The van der Waals surface area contributed by atoms with Crippen molar-refractivity contribution in [1.82, 2.24) is 0 Å². The molecule has 1 N–H and O–H groups in total. The molecule has 0 aromatic rings. The van der Waals surface area contributed by atoms with E-state index >= 15 is 0 Å². The van der Waals surface area contributed by atoms with Gasteiger partial charge in [0.25, 0.3) is 0 Å². The molecule has 0 bridgehead atoms. The van der Waals surface area contributed by atoms with E-state index in [0.717, 1.165) is 37.5 Å². The first-order valence-corrected chi connectivity index (χ1v) is 13.6. The lowest BCUT2D eigenvalue weighted by atomic mass is 9.38. The van der Waals surface area contributed by atoms with Crippen molar-refractivity contribution in [1.29, 1.82) is 0 Å². The smallest absolute Gasteiger partial charge is 0.138 e. The molecule has 32 heavy (non-hydrogen) atoms. The number of ketones is 1. The first kappa shape index (κ1) is 24.5. The normalized spacial score (nSPS) is 47.1. The molecule has 4 rings (SSSR count). The van der Waals surface area contributed by atoms with Gasteiger partial charge in [-0.1, -0.05) is 46.3 Å². The topological polar surface area (TPSA) is 37.3 Å². The summed E-state index contributed by atoms with van der Waals surface area (Å²) < 4.78 is 0. The third kappa shape index (κ3) is 3.32. The zero-order chi connectivity index (χ0) is 23.7. The van der Waals surface area contributed by atoms with Crippen molar-refractivity contribution in [2.75, 3.05) is 0 Å². The molecule has 0 heterocycles. The van der Waals surface area contributed by atoms with Crippen molar-refractivity contribution in [2.24, 2.45) is 45.3 Å². The number of fused-ring (bicyclic) bond motifs is 5. The predicted octanol–water partition coefficient (Wildman–Crippen LogP) is 7.74. The minimum atomic E-state index is -0.592. The van der Waals surface area contributed by atoms with E-state index < -0.39 is 5.60 Å². The Bertz CT molecular complexity index is 787. The molecular weight excluding hydrogens is 392 g/mol. The minimum Gasteiger partial charge on any atom is -0.390 e. The van der Waals surface area contributed by atoms with E-state index in [1.165, 1.54) is 44.1 Å². The van der Waals surface area contributed by atoms with Gasteiger partial charge in [-0.25, -0.2) is 0 Å². The van der Waals surface area contributed by atoms with E-state index in [0.29, 0.717) is 28.4 Å². The van der Waals surface area contributed by atoms with Crippen LogP contribution in [0.4, 0.5) is 0 Å². The lowest BCUT2D eigenvalue weighted by Crippen LogP contribution is -2.61. The van der Waals surface area contributed by atoms with E-state index in [9.17, 15) is 9.90 Å². The van der Waals surface area contributed by atoms with Gasteiger partial charge < -0.3 is 5.11 Å². The molecule has 0 spiro atoms. The van der Waals surface area contributed by atoms with Crippen molar-refractivity contribution in [2.45, 2.75) is 125 Å². The van der Waals surface area contributed by atoms with Crippen LogP contribution in [-0.2, 0) is 4.79 Å². The highest BCUT2D eigenvalue weighted by molar-refractivity contribution is 5.85. The Morgan fingerprint density at radius 3 is 2.28 bits per heavy atom. The Labute approximate surface area is 198 Å². The summed E-state index contributed by atoms with van der Waals surface area (Å²) in [6.07, 6.45) is 13.5. The number of carbonyl (C=O) groups is 1. The van der Waals surface area contributed by atoms with Gasteiger partial charge in [0.2, 0.25) is 0 Å². The summed E-state index contributed by atoms with van der Waals surface area (Å²) in [5, 5.41) is 11.7. The van der Waals surface area contributed by atoms with Crippen molar-refractivity contribution in [3.05, 3.63) is 11.6 Å². The van der Waals surface area contributed by atoms with Crippen LogP contribution in [0.15, 0.2) is 11.6 Å². The molecule has 4 aliphatic carbocycles. The van der Waals surface area contributed by atoms with E-state index in [2.05, 4.69) is 61.5 Å². The van der Waals surface area contributed by atoms with Crippen molar-refractivity contribution in [3.8, 4) is 0 Å². The summed E-state index contributed by atoms with van der Waals surface area (Å²) in [4.78, 5) is 12.8. The number of rotatable bonds is 4. The predicted molar refractivity (Wildman–Crippen MR) is 133 cm³/mol. The van der Waals surface area contributed by atoms with Crippen LogP contribution in [0.1, 0.15) is 120 Å². The molecule has 0 saturated heterocycles. The average molecular weight is 443 g/mol. The van der Waals surface area contributed by atoms with Crippen LogP contribution in [0, 0.1) is 45.3 Å². The second kappa shape index (κ2) is 7.69. The molecule has 0 radical (unpaired) electrons. The van der Waals surface area contributed by atoms with Gasteiger partial charge in [-0.3, -0.25) is 4.79 Å². The molecule has 4 aliphatic rings. The lowest BCUT2D eigenvalue weighted by Gasteiger charge is -2.66. The van der Waals surface area contributed by atoms with Gasteiger partial charge in [0.05, 0.1) is 5.60 Å². The molecule has 0 amide bonds. The maximum atomic E-state index is 12.8. The highest BCUT2D eigenvalue weighted by Gasteiger charge is 2.68.